The SMILES string of the molecule is COCC(C)C1(CBr)CCOC1C. The highest BCUT2D eigenvalue weighted by molar-refractivity contribution is 9.09. The number of halogens is 1. The van der Waals surface area contributed by atoms with Crippen LogP contribution in [0, 0.1) is 11.3 Å². The van der Waals surface area contributed by atoms with Gasteiger partial charge in [-0.1, -0.05) is 22.9 Å². The van der Waals surface area contributed by atoms with Crippen molar-refractivity contribution in [1.82, 2.24) is 0 Å². The first kappa shape index (κ1) is 11.5. The average molecular weight is 251 g/mol. The Kier molecular flexibility index (Phi) is 4.20. The van der Waals surface area contributed by atoms with Crippen LogP contribution in [0.15, 0.2) is 0 Å². The summed E-state index contributed by atoms with van der Waals surface area (Å²) in [7, 11) is 1.76. The Morgan fingerprint density at radius 2 is 2.38 bits per heavy atom. The summed E-state index contributed by atoms with van der Waals surface area (Å²) in [4.78, 5) is 0. The minimum Gasteiger partial charge on any atom is -0.384 e. The fourth-order valence-electron chi connectivity index (χ4n) is 2.17. The maximum atomic E-state index is 5.64. The van der Waals surface area contributed by atoms with E-state index < -0.39 is 0 Å². The third kappa shape index (κ3) is 2.08. The molecule has 0 amide bonds. The third-order valence-corrected chi connectivity index (χ3v) is 4.44. The van der Waals surface area contributed by atoms with E-state index in [4.69, 9.17) is 9.47 Å². The number of rotatable bonds is 4. The van der Waals surface area contributed by atoms with E-state index in [0.29, 0.717) is 12.0 Å². The number of hydrogen-bond acceptors (Lipinski definition) is 2. The maximum Gasteiger partial charge on any atom is 0.0615 e. The molecular formula is C10H19BrO2. The van der Waals surface area contributed by atoms with Crippen LogP contribution in [0.2, 0.25) is 0 Å². The summed E-state index contributed by atoms with van der Waals surface area (Å²) in [6, 6.07) is 0. The molecule has 1 aliphatic heterocycles. The standard InChI is InChI=1S/C10H19BrO2/c1-8(6-12-3)10(7-11)4-5-13-9(10)2/h8-9H,4-7H2,1-3H3. The Morgan fingerprint density at radius 1 is 1.69 bits per heavy atom. The van der Waals surface area contributed by atoms with Gasteiger partial charge in [0.25, 0.3) is 0 Å². The lowest BCUT2D eigenvalue weighted by atomic mass is 9.73. The Bertz CT molecular complexity index is 163. The van der Waals surface area contributed by atoms with Crippen LogP contribution in [-0.2, 0) is 9.47 Å². The van der Waals surface area contributed by atoms with Gasteiger partial charge in [-0.25, -0.2) is 0 Å². The van der Waals surface area contributed by atoms with Crippen molar-refractivity contribution in [1.29, 1.82) is 0 Å². The van der Waals surface area contributed by atoms with Crippen LogP contribution in [0.4, 0.5) is 0 Å². The van der Waals surface area contributed by atoms with Gasteiger partial charge in [0.15, 0.2) is 0 Å². The van der Waals surface area contributed by atoms with Crippen LogP contribution in [0.1, 0.15) is 20.3 Å². The monoisotopic (exact) mass is 250 g/mol. The van der Waals surface area contributed by atoms with Crippen molar-refractivity contribution < 1.29 is 9.47 Å². The van der Waals surface area contributed by atoms with Gasteiger partial charge in [0.2, 0.25) is 0 Å². The Balaban J connectivity index is 2.67. The number of alkyl halides is 1. The summed E-state index contributed by atoms with van der Waals surface area (Å²) >= 11 is 3.61. The van der Waals surface area contributed by atoms with Gasteiger partial charge in [-0.2, -0.15) is 0 Å². The molecule has 1 fully saturated rings. The fraction of sp³-hybridized carbons (Fsp3) is 1.00. The highest BCUT2D eigenvalue weighted by Gasteiger charge is 2.44. The van der Waals surface area contributed by atoms with Crippen LogP contribution in [0.5, 0.6) is 0 Å². The molecule has 0 saturated carbocycles. The van der Waals surface area contributed by atoms with E-state index in [1.807, 2.05) is 0 Å². The van der Waals surface area contributed by atoms with Gasteiger partial charge in [-0.15, -0.1) is 0 Å². The molecule has 3 atom stereocenters. The van der Waals surface area contributed by atoms with Crippen molar-refractivity contribution in [3.63, 3.8) is 0 Å². The highest BCUT2D eigenvalue weighted by Crippen LogP contribution is 2.43. The quantitative estimate of drug-likeness (QED) is 0.714. The molecule has 1 rings (SSSR count). The molecule has 0 aliphatic carbocycles. The highest BCUT2D eigenvalue weighted by atomic mass is 79.9. The lowest BCUT2D eigenvalue weighted by molar-refractivity contribution is 0.0188. The van der Waals surface area contributed by atoms with E-state index in [-0.39, 0.29) is 5.41 Å². The summed E-state index contributed by atoms with van der Waals surface area (Å²) in [6.07, 6.45) is 1.49. The second kappa shape index (κ2) is 4.76. The first-order chi connectivity index (χ1) is 6.17. The summed E-state index contributed by atoms with van der Waals surface area (Å²) in [5.41, 5.74) is 0.274. The number of ether oxygens (including phenoxy) is 2. The van der Waals surface area contributed by atoms with Crippen LogP contribution in [0.3, 0.4) is 0 Å². The molecule has 0 aromatic rings. The van der Waals surface area contributed by atoms with E-state index in [0.717, 1.165) is 25.0 Å². The van der Waals surface area contributed by atoms with Gasteiger partial charge >= 0.3 is 0 Å². The molecule has 0 aromatic carbocycles. The number of hydrogen-bond donors (Lipinski definition) is 0. The van der Waals surface area contributed by atoms with E-state index >= 15 is 0 Å². The van der Waals surface area contributed by atoms with E-state index in [1.165, 1.54) is 0 Å². The molecule has 0 spiro atoms. The Labute approximate surface area is 89.1 Å². The second-order valence-electron chi connectivity index (χ2n) is 3.99. The molecule has 3 unspecified atom stereocenters. The molecule has 1 aliphatic rings. The molecule has 0 N–H and O–H groups in total. The molecule has 13 heavy (non-hydrogen) atoms. The zero-order chi connectivity index (χ0) is 9.90. The molecule has 1 saturated heterocycles. The predicted molar refractivity (Wildman–Crippen MR) is 57.3 cm³/mol. The fourth-order valence-corrected chi connectivity index (χ4v) is 3.45. The van der Waals surface area contributed by atoms with E-state index in [2.05, 4.69) is 29.8 Å². The molecule has 1 heterocycles. The molecular weight excluding hydrogens is 232 g/mol. The molecule has 0 radical (unpaired) electrons. The van der Waals surface area contributed by atoms with E-state index in [1.54, 1.807) is 7.11 Å². The molecule has 2 nitrogen and oxygen atoms in total. The molecule has 3 heteroatoms. The van der Waals surface area contributed by atoms with Crippen molar-refractivity contribution in [3.8, 4) is 0 Å². The topological polar surface area (TPSA) is 18.5 Å². The van der Waals surface area contributed by atoms with Gasteiger partial charge in [0.1, 0.15) is 0 Å². The average Bonchev–Trinajstić information content (AvgIpc) is 2.48. The zero-order valence-electron chi connectivity index (χ0n) is 8.68. The van der Waals surface area contributed by atoms with Crippen LogP contribution in [0.25, 0.3) is 0 Å². The summed E-state index contributed by atoms with van der Waals surface area (Å²) in [5, 5.41) is 1.01. The Hall–Kier alpha value is 0.400. The van der Waals surface area contributed by atoms with Crippen LogP contribution < -0.4 is 0 Å². The minimum absolute atomic E-state index is 0.274. The molecule has 0 bridgehead atoms. The summed E-state index contributed by atoms with van der Waals surface area (Å²) in [6.45, 7) is 6.12. The number of methoxy groups -OCH3 is 1. The van der Waals surface area contributed by atoms with Crippen molar-refractivity contribution in [2.24, 2.45) is 11.3 Å². The van der Waals surface area contributed by atoms with Gasteiger partial charge in [-0.3, -0.25) is 0 Å². The zero-order valence-corrected chi connectivity index (χ0v) is 10.3. The lowest BCUT2D eigenvalue weighted by Gasteiger charge is -2.36. The van der Waals surface area contributed by atoms with Crippen molar-refractivity contribution >= 4 is 15.9 Å². The molecule has 78 valence electrons. The normalized spacial score (nSPS) is 36.5. The second-order valence-corrected chi connectivity index (χ2v) is 4.55. The van der Waals surface area contributed by atoms with Crippen LogP contribution >= 0.6 is 15.9 Å². The minimum atomic E-state index is 0.274. The van der Waals surface area contributed by atoms with Gasteiger partial charge < -0.3 is 9.47 Å². The first-order valence-electron chi connectivity index (χ1n) is 4.84. The van der Waals surface area contributed by atoms with Gasteiger partial charge in [-0.05, 0) is 19.3 Å². The van der Waals surface area contributed by atoms with Gasteiger partial charge in [0.05, 0.1) is 6.10 Å². The smallest absolute Gasteiger partial charge is 0.0615 e. The first-order valence-corrected chi connectivity index (χ1v) is 5.96. The largest absolute Gasteiger partial charge is 0.384 e. The van der Waals surface area contributed by atoms with Crippen molar-refractivity contribution in [3.05, 3.63) is 0 Å². The van der Waals surface area contributed by atoms with E-state index in [9.17, 15) is 0 Å². The Morgan fingerprint density at radius 3 is 2.77 bits per heavy atom. The third-order valence-electron chi connectivity index (χ3n) is 3.39. The van der Waals surface area contributed by atoms with Crippen LogP contribution in [-0.4, -0.2) is 31.8 Å². The maximum absolute atomic E-state index is 5.64. The van der Waals surface area contributed by atoms with Crippen molar-refractivity contribution in [2.45, 2.75) is 26.4 Å². The predicted octanol–water partition coefficient (Wildman–Crippen LogP) is 2.46. The van der Waals surface area contributed by atoms with Gasteiger partial charge in [0, 0.05) is 31.1 Å². The lowest BCUT2D eigenvalue weighted by Crippen LogP contribution is -2.39. The summed E-state index contributed by atoms with van der Waals surface area (Å²) in [5.74, 6) is 0.550. The van der Waals surface area contributed by atoms with Crippen molar-refractivity contribution in [2.75, 3.05) is 25.7 Å². The molecule has 0 aromatic heterocycles. The summed E-state index contributed by atoms with van der Waals surface area (Å²) < 4.78 is 10.9.